The van der Waals surface area contributed by atoms with E-state index in [4.69, 9.17) is 27.9 Å². The number of halogens is 4. The molecule has 1 saturated carbocycles. The van der Waals surface area contributed by atoms with Gasteiger partial charge in [0, 0.05) is 29.6 Å². The van der Waals surface area contributed by atoms with Crippen molar-refractivity contribution >= 4 is 35.1 Å². The lowest BCUT2D eigenvalue weighted by Crippen LogP contribution is -2.49. The van der Waals surface area contributed by atoms with Crippen LogP contribution in [0.15, 0.2) is 30.3 Å². The molecule has 4 atom stereocenters. The topological polar surface area (TPSA) is 87.7 Å². The van der Waals surface area contributed by atoms with Gasteiger partial charge in [-0.05, 0) is 55.2 Å². The van der Waals surface area contributed by atoms with Gasteiger partial charge in [0.25, 0.3) is 0 Å². The molecule has 1 spiro atoms. The Hall–Kier alpha value is -2.26. The van der Waals surface area contributed by atoms with Crippen LogP contribution < -0.4 is 15.4 Å². The molecular weight excluding hydrogens is 549 g/mol. The van der Waals surface area contributed by atoms with Gasteiger partial charge in [-0.3, -0.25) is 9.59 Å². The number of hydrogen-bond donors (Lipinski definition) is 3. The molecule has 3 N–H and O–H groups in total. The van der Waals surface area contributed by atoms with Crippen LogP contribution in [0.5, 0.6) is 5.75 Å². The van der Waals surface area contributed by atoms with Crippen LogP contribution in [-0.4, -0.2) is 41.2 Å². The van der Waals surface area contributed by atoms with Gasteiger partial charge < -0.3 is 20.5 Å². The number of amides is 1. The summed E-state index contributed by atoms with van der Waals surface area (Å²) in [5.74, 6) is -3.64. The van der Waals surface area contributed by atoms with Crippen molar-refractivity contribution in [3.05, 3.63) is 63.1 Å². The molecule has 2 heterocycles. The van der Waals surface area contributed by atoms with E-state index < -0.39 is 53.0 Å². The molecule has 0 unspecified atom stereocenters. The quantitative estimate of drug-likeness (QED) is 0.332. The van der Waals surface area contributed by atoms with Crippen LogP contribution in [0.4, 0.5) is 8.78 Å². The van der Waals surface area contributed by atoms with Gasteiger partial charge in [-0.1, -0.05) is 56.1 Å². The van der Waals surface area contributed by atoms with E-state index in [0.29, 0.717) is 32.1 Å². The van der Waals surface area contributed by atoms with E-state index in [-0.39, 0.29) is 38.4 Å². The summed E-state index contributed by atoms with van der Waals surface area (Å²) in [5, 5.41) is 15.9. The number of aliphatic hydroxyl groups excluding tert-OH is 1. The Balaban J connectivity index is 1.69. The fourth-order valence-electron chi connectivity index (χ4n) is 6.54. The van der Waals surface area contributed by atoms with Gasteiger partial charge in [-0.15, -0.1) is 0 Å². The van der Waals surface area contributed by atoms with Gasteiger partial charge in [0.05, 0.1) is 22.2 Å². The SMILES string of the molecule is CC(C)(C)C[C@H]1N[C@@H](C(=O)NC2CCC(O)CC2)[C@H](c2cccc(Cl)c2F)[C@@]12C(=O)Oc1cc(Cl)c(F)cc12. The molecule has 0 bridgehead atoms. The minimum absolute atomic E-state index is 0.0609. The number of carbonyl (C=O) groups excluding carboxylic acids is 2. The number of carbonyl (C=O) groups is 2. The zero-order chi connectivity index (χ0) is 28.3. The number of ether oxygens (including phenoxy) is 1. The standard InChI is InChI=1S/C29H32Cl2F2N2O4/c1-28(2,3)13-22-29(17-11-20(32)19(31)12-21(17)39-27(29)38)23(16-5-4-6-18(30)24(16)33)25(35-22)26(37)34-14-7-9-15(36)10-8-14/h4-6,11-12,14-15,22-23,25,35-36H,7-10,13H2,1-3H3,(H,34,37)/t14?,15?,22-,23+,25-,29+/m1/s1. The highest BCUT2D eigenvalue weighted by molar-refractivity contribution is 6.31. The van der Waals surface area contributed by atoms with E-state index in [2.05, 4.69) is 10.6 Å². The molecule has 1 amide bonds. The highest BCUT2D eigenvalue weighted by atomic mass is 35.5. The number of rotatable bonds is 4. The van der Waals surface area contributed by atoms with Crippen molar-refractivity contribution in [2.45, 2.75) is 88.4 Å². The maximum absolute atomic E-state index is 15.8. The molecule has 1 aliphatic carbocycles. The highest BCUT2D eigenvalue weighted by Crippen LogP contribution is 2.58. The summed E-state index contributed by atoms with van der Waals surface area (Å²) >= 11 is 12.2. The maximum Gasteiger partial charge on any atom is 0.324 e. The molecule has 10 heteroatoms. The molecule has 2 fully saturated rings. The van der Waals surface area contributed by atoms with E-state index in [1.165, 1.54) is 18.2 Å². The van der Waals surface area contributed by atoms with Gasteiger partial charge in [0.15, 0.2) is 0 Å². The molecule has 39 heavy (non-hydrogen) atoms. The summed E-state index contributed by atoms with van der Waals surface area (Å²) in [7, 11) is 0. The second kappa shape index (κ2) is 10.3. The summed E-state index contributed by atoms with van der Waals surface area (Å²) in [6, 6.07) is 4.93. The van der Waals surface area contributed by atoms with E-state index in [0.717, 1.165) is 6.07 Å². The van der Waals surface area contributed by atoms with Crippen LogP contribution in [0.3, 0.4) is 0 Å². The van der Waals surface area contributed by atoms with Crippen LogP contribution in [0, 0.1) is 17.0 Å². The molecule has 2 aromatic rings. The van der Waals surface area contributed by atoms with Crippen LogP contribution >= 0.6 is 23.2 Å². The van der Waals surface area contributed by atoms with Crippen molar-refractivity contribution in [3.8, 4) is 5.75 Å². The third-order valence-corrected chi connectivity index (χ3v) is 8.80. The van der Waals surface area contributed by atoms with Crippen molar-refractivity contribution in [3.63, 3.8) is 0 Å². The van der Waals surface area contributed by atoms with Gasteiger partial charge in [-0.2, -0.15) is 0 Å². The minimum atomic E-state index is -1.63. The monoisotopic (exact) mass is 580 g/mol. The molecule has 2 aromatic carbocycles. The van der Waals surface area contributed by atoms with E-state index >= 15 is 4.39 Å². The molecule has 6 nitrogen and oxygen atoms in total. The van der Waals surface area contributed by atoms with Crippen molar-refractivity contribution in [1.29, 1.82) is 0 Å². The van der Waals surface area contributed by atoms with Crippen LogP contribution in [-0.2, 0) is 15.0 Å². The lowest BCUT2D eigenvalue weighted by Gasteiger charge is -2.36. The van der Waals surface area contributed by atoms with Crippen molar-refractivity contribution in [1.82, 2.24) is 10.6 Å². The molecule has 2 aliphatic heterocycles. The van der Waals surface area contributed by atoms with Gasteiger partial charge in [-0.25, -0.2) is 8.78 Å². The number of esters is 1. The average molecular weight is 581 g/mol. The second-order valence-corrected chi connectivity index (χ2v) is 12.9. The van der Waals surface area contributed by atoms with E-state index in [9.17, 15) is 19.1 Å². The summed E-state index contributed by atoms with van der Waals surface area (Å²) in [4.78, 5) is 27.9. The first kappa shape index (κ1) is 28.3. The molecule has 1 saturated heterocycles. The number of hydrogen-bond acceptors (Lipinski definition) is 5. The first-order valence-electron chi connectivity index (χ1n) is 13.2. The lowest BCUT2D eigenvalue weighted by atomic mass is 9.62. The smallest absolute Gasteiger partial charge is 0.324 e. The van der Waals surface area contributed by atoms with Crippen molar-refractivity contribution in [2.75, 3.05) is 0 Å². The van der Waals surface area contributed by atoms with E-state index in [1.54, 1.807) is 6.07 Å². The Kier molecular flexibility index (Phi) is 7.46. The zero-order valence-corrected chi connectivity index (χ0v) is 23.5. The Morgan fingerprint density at radius 1 is 1.15 bits per heavy atom. The molecule has 3 aliphatic rings. The Labute approximate surface area is 236 Å². The number of aliphatic hydroxyl groups is 1. The summed E-state index contributed by atoms with van der Waals surface area (Å²) < 4.78 is 36.4. The zero-order valence-electron chi connectivity index (χ0n) is 22.0. The third kappa shape index (κ3) is 4.94. The maximum atomic E-state index is 15.8. The van der Waals surface area contributed by atoms with Gasteiger partial charge >= 0.3 is 5.97 Å². The Morgan fingerprint density at radius 2 is 1.85 bits per heavy atom. The van der Waals surface area contributed by atoms with Gasteiger partial charge in [0.1, 0.15) is 22.8 Å². The fraction of sp³-hybridized carbons (Fsp3) is 0.517. The summed E-state index contributed by atoms with van der Waals surface area (Å²) in [6.07, 6.45) is 2.31. The third-order valence-electron chi connectivity index (χ3n) is 8.22. The fourth-order valence-corrected chi connectivity index (χ4v) is 6.87. The largest absolute Gasteiger partial charge is 0.425 e. The Morgan fingerprint density at radius 3 is 2.51 bits per heavy atom. The first-order chi connectivity index (χ1) is 18.3. The number of nitrogens with one attached hydrogen (secondary N) is 2. The van der Waals surface area contributed by atoms with E-state index in [1.807, 2.05) is 20.8 Å². The summed E-state index contributed by atoms with van der Waals surface area (Å²) in [5.41, 5.74) is -1.69. The molecule has 5 rings (SSSR count). The Bertz CT molecular complexity index is 1310. The van der Waals surface area contributed by atoms with Crippen LogP contribution in [0.2, 0.25) is 10.0 Å². The van der Waals surface area contributed by atoms with Gasteiger partial charge in [0.2, 0.25) is 5.91 Å². The minimum Gasteiger partial charge on any atom is -0.425 e. The number of fused-ring (bicyclic) bond motifs is 2. The second-order valence-electron chi connectivity index (χ2n) is 12.1. The number of benzene rings is 2. The molecule has 210 valence electrons. The van der Waals surface area contributed by atoms with Crippen LogP contribution in [0.1, 0.15) is 69.9 Å². The summed E-state index contributed by atoms with van der Waals surface area (Å²) in [6.45, 7) is 5.96. The lowest BCUT2D eigenvalue weighted by molar-refractivity contribution is -0.139. The first-order valence-corrected chi connectivity index (χ1v) is 14.0. The van der Waals surface area contributed by atoms with Crippen molar-refractivity contribution < 1.29 is 28.2 Å². The molecule has 0 radical (unpaired) electrons. The van der Waals surface area contributed by atoms with Crippen molar-refractivity contribution in [2.24, 2.45) is 5.41 Å². The average Bonchev–Trinajstić information content (AvgIpc) is 3.32. The molecule has 0 aromatic heterocycles. The van der Waals surface area contributed by atoms with Crippen LogP contribution in [0.25, 0.3) is 0 Å². The predicted octanol–water partition coefficient (Wildman–Crippen LogP) is 5.41. The molecular formula is C29H32Cl2F2N2O4. The predicted molar refractivity (Wildman–Crippen MR) is 144 cm³/mol. The highest BCUT2D eigenvalue weighted by Gasteiger charge is 2.68. The normalized spacial score (nSPS) is 30.4.